The molecule has 0 unspecified atom stereocenters. The fourth-order valence-corrected chi connectivity index (χ4v) is 2.97. The van der Waals surface area contributed by atoms with Gasteiger partial charge in [-0.15, -0.1) is 0 Å². The van der Waals surface area contributed by atoms with Gasteiger partial charge in [-0.1, -0.05) is 48.5 Å². The quantitative estimate of drug-likeness (QED) is 0.786. The van der Waals surface area contributed by atoms with E-state index in [2.05, 4.69) is 25.1 Å². The zero-order valence-corrected chi connectivity index (χ0v) is 13.4. The molecule has 0 saturated carbocycles. The van der Waals surface area contributed by atoms with Gasteiger partial charge in [-0.2, -0.15) is 5.26 Å². The molecule has 0 atom stereocenters. The summed E-state index contributed by atoms with van der Waals surface area (Å²) in [5.41, 5.74) is 5.03. The van der Waals surface area contributed by atoms with Gasteiger partial charge >= 0.3 is 5.97 Å². The fraction of sp³-hybridized carbons (Fsp3) is 0.100. The first-order valence-corrected chi connectivity index (χ1v) is 7.52. The second-order valence-corrected chi connectivity index (χ2v) is 5.69. The number of carbonyl (C=O) groups is 1. The van der Waals surface area contributed by atoms with Crippen LogP contribution in [0.5, 0.6) is 0 Å². The Labute approximate surface area is 140 Å². The second kappa shape index (κ2) is 6.05. The van der Waals surface area contributed by atoms with E-state index in [0.29, 0.717) is 11.1 Å². The molecule has 1 N–H and O–H groups in total. The SMILES string of the molecule is Cc1ccccc1-c1ccc(-c2c(C#N)cn(C)c2C(=O)O)cc1. The average molecular weight is 316 g/mol. The van der Waals surface area contributed by atoms with Crippen molar-refractivity contribution in [1.29, 1.82) is 5.26 Å². The first kappa shape index (κ1) is 15.6. The highest BCUT2D eigenvalue weighted by Crippen LogP contribution is 2.31. The molecular formula is C20H16N2O2. The number of benzene rings is 2. The molecule has 1 heterocycles. The summed E-state index contributed by atoms with van der Waals surface area (Å²) in [5, 5.41) is 18.8. The number of hydrogen-bond acceptors (Lipinski definition) is 2. The standard InChI is InChI=1S/C20H16N2O2/c1-13-5-3-4-6-17(13)14-7-9-15(10-8-14)18-16(11-21)12-22(2)19(18)20(23)24/h3-10,12H,1-2H3,(H,23,24). The molecule has 118 valence electrons. The van der Waals surface area contributed by atoms with Crippen LogP contribution in [0.2, 0.25) is 0 Å². The lowest BCUT2D eigenvalue weighted by molar-refractivity contribution is 0.0687. The minimum absolute atomic E-state index is 0.121. The van der Waals surface area contributed by atoms with E-state index in [4.69, 9.17) is 0 Å². The van der Waals surface area contributed by atoms with Crippen LogP contribution in [-0.4, -0.2) is 15.6 Å². The van der Waals surface area contributed by atoms with Crippen molar-refractivity contribution in [2.45, 2.75) is 6.92 Å². The van der Waals surface area contributed by atoms with E-state index in [1.165, 1.54) is 10.1 Å². The van der Waals surface area contributed by atoms with E-state index in [9.17, 15) is 15.2 Å². The van der Waals surface area contributed by atoms with Crippen LogP contribution in [0.15, 0.2) is 54.7 Å². The number of rotatable bonds is 3. The summed E-state index contributed by atoms with van der Waals surface area (Å²) in [5.74, 6) is -1.04. The Balaban J connectivity index is 2.12. The van der Waals surface area contributed by atoms with Gasteiger partial charge in [0.2, 0.25) is 0 Å². The Hall–Kier alpha value is -3.32. The van der Waals surface area contributed by atoms with Crippen LogP contribution >= 0.6 is 0 Å². The normalized spacial score (nSPS) is 10.4. The van der Waals surface area contributed by atoms with Crippen LogP contribution in [-0.2, 0) is 7.05 Å². The number of carboxylic acids is 1. The summed E-state index contributed by atoms with van der Waals surface area (Å²) in [6.45, 7) is 2.05. The Kier molecular flexibility index (Phi) is 3.93. The molecule has 0 aliphatic carbocycles. The molecule has 0 saturated heterocycles. The van der Waals surface area contributed by atoms with Crippen LogP contribution in [0.4, 0.5) is 0 Å². The number of nitrogens with zero attached hydrogens (tertiary/aromatic N) is 2. The second-order valence-electron chi connectivity index (χ2n) is 5.69. The van der Waals surface area contributed by atoms with Crippen molar-refractivity contribution in [3.63, 3.8) is 0 Å². The third-order valence-electron chi connectivity index (χ3n) is 4.13. The molecule has 0 fully saturated rings. The van der Waals surface area contributed by atoms with Crippen LogP contribution < -0.4 is 0 Å². The van der Waals surface area contributed by atoms with Crippen LogP contribution in [0.3, 0.4) is 0 Å². The predicted octanol–water partition coefficient (Wildman–Crippen LogP) is 4.24. The Morgan fingerprint density at radius 2 is 1.71 bits per heavy atom. The van der Waals surface area contributed by atoms with Gasteiger partial charge in [0.1, 0.15) is 11.8 Å². The summed E-state index contributed by atoms with van der Waals surface area (Å²) in [4.78, 5) is 11.5. The van der Waals surface area contributed by atoms with E-state index < -0.39 is 5.97 Å². The summed E-state index contributed by atoms with van der Waals surface area (Å²) in [6.07, 6.45) is 1.55. The van der Waals surface area contributed by atoms with Gasteiger partial charge in [-0.25, -0.2) is 4.79 Å². The van der Waals surface area contributed by atoms with Gasteiger partial charge in [0.15, 0.2) is 0 Å². The first-order chi connectivity index (χ1) is 11.5. The minimum atomic E-state index is -1.04. The monoisotopic (exact) mass is 316 g/mol. The number of aromatic carboxylic acids is 1. The highest BCUT2D eigenvalue weighted by molar-refractivity contribution is 5.96. The number of nitriles is 1. The summed E-state index contributed by atoms with van der Waals surface area (Å²) in [7, 11) is 1.63. The van der Waals surface area contributed by atoms with Gasteiger partial charge in [0.05, 0.1) is 5.56 Å². The van der Waals surface area contributed by atoms with E-state index in [0.717, 1.165) is 16.7 Å². The Morgan fingerprint density at radius 3 is 2.29 bits per heavy atom. The molecule has 1 aromatic heterocycles. The molecule has 0 amide bonds. The van der Waals surface area contributed by atoms with Crippen molar-refractivity contribution in [3.05, 3.63) is 71.5 Å². The molecule has 24 heavy (non-hydrogen) atoms. The number of aryl methyl sites for hydroxylation is 2. The Morgan fingerprint density at radius 1 is 1.08 bits per heavy atom. The molecule has 3 rings (SSSR count). The largest absolute Gasteiger partial charge is 0.477 e. The molecule has 0 aliphatic rings. The van der Waals surface area contributed by atoms with Crippen molar-refractivity contribution >= 4 is 5.97 Å². The summed E-state index contributed by atoms with van der Waals surface area (Å²) < 4.78 is 1.48. The van der Waals surface area contributed by atoms with Gasteiger partial charge in [-0.3, -0.25) is 0 Å². The van der Waals surface area contributed by atoms with E-state index in [-0.39, 0.29) is 5.69 Å². The summed E-state index contributed by atoms with van der Waals surface area (Å²) >= 11 is 0. The van der Waals surface area contributed by atoms with Crippen LogP contribution in [0.1, 0.15) is 21.6 Å². The highest BCUT2D eigenvalue weighted by Gasteiger charge is 2.21. The molecule has 2 aromatic carbocycles. The molecule has 0 radical (unpaired) electrons. The Bertz CT molecular complexity index is 960. The zero-order chi connectivity index (χ0) is 17.3. The van der Waals surface area contributed by atoms with Crippen molar-refractivity contribution in [1.82, 2.24) is 4.57 Å². The molecule has 4 nitrogen and oxygen atoms in total. The molecule has 0 aliphatic heterocycles. The maximum atomic E-state index is 11.5. The minimum Gasteiger partial charge on any atom is -0.477 e. The molecular weight excluding hydrogens is 300 g/mol. The maximum absolute atomic E-state index is 11.5. The van der Waals surface area contributed by atoms with Gasteiger partial charge < -0.3 is 9.67 Å². The molecule has 0 spiro atoms. The van der Waals surface area contributed by atoms with Gasteiger partial charge in [-0.05, 0) is 29.2 Å². The lowest BCUT2D eigenvalue weighted by atomic mass is 9.96. The first-order valence-electron chi connectivity index (χ1n) is 7.52. The van der Waals surface area contributed by atoms with Gasteiger partial charge in [0.25, 0.3) is 0 Å². The van der Waals surface area contributed by atoms with Crippen LogP contribution in [0.25, 0.3) is 22.3 Å². The maximum Gasteiger partial charge on any atom is 0.353 e. The lowest BCUT2D eigenvalue weighted by Gasteiger charge is -2.08. The summed E-state index contributed by atoms with van der Waals surface area (Å²) in [6, 6.07) is 17.8. The zero-order valence-electron chi connectivity index (χ0n) is 13.4. The topological polar surface area (TPSA) is 66.0 Å². The smallest absolute Gasteiger partial charge is 0.353 e. The van der Waals surface area contributed by atoms with Gasteiger partial charge in [0, 0.05) is 18.8 Å². The third-order valence-corrected chi connectivity index (χ3v) is 4.13. The lowest BCUT2D eigenvalue weighted by Crippen LogP contribution is -2.05. The fourth-order valence-electron chi connectivity index (χ4n) is 2.97. The molecule has 4 heteroatoms. The molecule has 3 aromatic rings. The van der Waals surface area contributed by atoms with Crippen molar-refractivity contribution in [2.24, 2.45) is 7.05 Å². The van der Waals surface area contributed by atoms with Crippen LogP contribution in [0, 0.1) is 18.3 Å². The predicted molar refractivity (Wildman–Crippen MR) is 92.7 cm³/mol. The molecule has 0 bridgehead atoms. The van der Waals surface area contributed by atoms with Crippen molar-refractivity contribution in [2.75, 3.05) is 0 Å². The third kappa shape index (κ3) is 2.57. The average Bonchev–Trinajstić information content (AvgIpc) is 2.92. The van der Waals surface area contributed by atoms with Crippen molar-refractivity contribution < 1.29 is 9.90 Å². The highest BCUT2D eigenvalue weighted by atomic mass is 16.4. The number of carboxylic acid groups (broad SMARTS) is 1. The van der Waals surface area contributed by atoms with E-state index >= 15 is 0 Å². The van der Waals surface area contributed by atoms with E-state index in [1.54, 1.807) is 13.2 Å². The number of hydrogen-bond donors (Lipinski definition) is 1. The van der Waals surface area contributed by atoms with Crippen molar-refractivity contribution in [3.8, 4) is 28.3 Å². The number of aromatic nitrogens is 1. The van der Waals surface area contributed by atoms with E-state index in [1.807, 2.05) is 36.4 Å².